The topological polar surface area (TPSA) is 0 Å². The van der Waals surface area contributed by atoms with Crippen molar-refractivity contribution >= 4 is 95.9 Å². The molecule has 13 rings (SSSR count). The first kappa shape index (κ1) is 32.5. The van der Waals surface area contributed by atoms with Crippen LogP contribution >= 0.6 is 34.0 Å². The van der Waals surface area contributed by atoms with Gasteiger partial charge < -0.3 is 0 Å². The van der Waals surface area contributed by atoms with E-state index in [4.69, 9.17) is 0 Å². The van der Waals surface area contributed by atoms with Crippen LogP contribution in [0, 0.1) is 0 Å². The standard InChI is InChI=1S/C54H36S3/c1-53(2)43-17-9-5-13-29(43)37-21-33-35(41-27-55-47-19-11-7-15-31(41)47)25-49-51(39(33)23-45(37)53)52-40-24-46-38(30-14-6-10-18-44(30)54(46,3)4)22-34(40)36(26-50(52)57-49)42-28-56-48-20-12-8-16-32(42)48/h5-28H,1-4H3. The SMILES string of the molecule is CC1(C)c2ccccc2-c2cc3c(-c4csc5ccccc45)cc4sc5cc(-c6csc7ccccc67)c6cc7c(cc6c5c4c3cc21)C(C)(C)c1ccccc1-7. The van der Waals surface area contributed by atoms with Crippen molar-refractivity contribution in [1.82, 2.24) is 0 Å². The lowest BCUT2D eigenvalue weighted by Gasteiger charge is -2.23. The molecule has 0 aliphatic heterocycles. The predicted molar refractivity (Wildman–Crippen MR) is 251 cm³/mol. The smallest absolute Gasteiger partial charge is 0.0368 e. The summed E-state index contributed by atoms with van der Waals surface area (Å²) in [6, 6.07) is 51.4. The minimum Gasteiger partial charge on any atom is -0.143 e. The van der Waals surface area contributed by atoms with Gasteiger partial charge in [-0.1, -0.05) is 113 Å². The van der Waals surface area contributed by atoms with E-state index in [-0.39, 0.29) is 10.8 Å². The highest BCUT2D eigenvalue weighted by Gasteiger charge is 2.38. The molecular weight excluding hydrogens is 745 g/mol. The lowest BCUT2D eigenvalue weighted by molar-refractivity contribution is 0.661. The number of thiophene rings is 3. The molecule has 0 amide bonds. The number of hydrogen-bond acceptors (Lipinski definition) is 3. The van der Waals surface area contributed by atoms with Gasteiger partial charge in [0, 0.05) is 62.3 Å². The largest absolute Gasteiger partial charge is 0.143 e. The third-order valence-electron chi connectivity index (χ3n) is 13.6. The highest BCUT2D eigenvalue weighted by molar-refractivity contribution is 7.26. The predicted octanol–water partition coefficient (Wildman–Crippen LogP) is 16.7. The van der Waals surface area contributed by atoms with Gasteiger partial charge in [-0.25, -0.2) is 0 Å². The number of rotatable bonds is 2. The van der Waals surface area contributed by atoms with E-state index in [1.54, 1.807) is 0 Å². The summed E-state index contributed by atoms with van der Waals surface area (Å²) in [5, 5.41) is 15.6. The molecule has 3 heterocycles. The van der Waals surface area contributed by atoms with Crippen LogP contribution in [0.1, 0.15) is 49.9 Å². The van der Waals surface area contributed by atoms with E-state index >= 15 is 0 Å². The van der Waals surface area contributed by atoms with E-state index in [2.05, 4.69) is 172 Å². The molecule has 0 N–H and O–H groups in total. The van der Waals surface area contributed by atoms with Crippen LogP contribution in [0.2, 0.25) is 0 Å². The summed E-state index contributed by atoms with van der Waals surface area (Å²) < 4.78 is 5.38. The first-order valence-corrected chi connectivity index (χ1v) is 22.5. The molecule has 0 bridgehead atoms. The minimum absolute atomic E-state index is 0.102. The molecule has 0 nitrogen and oxygen atoms in total. The first-order valence-electron chi connectivity index (χ1n) is 19.9. The van der Waals surface area contributed by atoms with Gasteiger partial charge in [0.05, 0.1) is 0 Å². The van der Waals surface area contributed by atoms with Gasteiger partial charge in [0.2, 0.25) is 0 Å². The van der Waals surface area contributed by atoms with Crippen LogP contribution in [0.4, 0.5) is 0 Å². The summed E-state index contributed by atoms with van der Waals surface area (Å²) >= 11 is 5.68. The van der Waals surface area contributed by atoms with Gasteiger partial charge in [0.1, 0.15) is 0 Å². The molecule has 8 aromatic carbocycles. The van der Waals surface area contributed by atoms with Gasteiger partial charge in [0.15, 0.2) is 0 Å². The molecule has 0 radical (unpaired) electrons. The Morgan fingerprint density at radius 1 is 0.316 bits per heavy atom. The summed E-state index contributed by atoms with van der Waals surface area (Å²) in [6.45, 7) is 9.66. The molecule has 0 spiro atoms. The van der Waals surface area contributed by atoms with Crippen molar-refractivity contribution in [3.8, 4) is 44.5 Å². The second-order valence-corrected chi connectivity index (χ2v) is 20.1. The van der Waals surface area contributed by atoms with Crippen molar-refractivity contribution in [1.29, 1.82) is 0 Å². The number of fused-ring (bicyclic) bond motifs is 15. The van der Waals surface area contributed by atoms with Crippen molar-refractivity contribution in [2.24, 2.45) is 0 Å². The monoisotopic (exact) mass is 780 g/mol. The molecule has 0 saturated carbocycles. The van der Waals surface area contributed by atoms with Crippen LogP contribution < -0.4 is 0 Å². The lowest BCUT2D eigenvalue weighted by atomic mass is 9.80. The van der Waals surface area contributed by atoms with E-state index < -0.39 is 0 Å². The van der Waals surface area contributed by atoms with Crippen LogP contribution in [0.15, 0.2) is 144 Å². The molecule has 11 aromatic rings. The summed E-state index contributed by atoms with van der Waals surface area (Å²) in [5.41, 5.74) is 16.3. The Bertz CT molecular complexity index is 3350. The molecule has 0 fully saturated rings. The molecule has 3 aromatic heterocycles. The van der Waals surface area contributed by atoms with Crippen molar-refractivity contribution in [3.05, 3.63) is 166 Å². The van der Waals surface area contributed by atoms with Crippen molar-refractivity contribution < 1.29 is 0 Å². The second-order valence-electron chi connectivity index (χ2n) is 17.2. The third kappa shape index (κ3) is 4.17. The highest BCUT2D eigenvalue weighted by atomic mass is 32.1. The summed E-state index contributed by atoms with van der Waals surface area (Å²) in [7, 11) is 0. The molecule has 3 heteroatoms. The third-order valence-corrected chi connectivity index (χ3v) is 16.6. The van der Waals surface area contributed by atoms with Crippen LogP contribution in [-0.2, 0) is 10.8 Å². The van der Waals surface area contributed by atoms with E-state index in [0.717, 1.165) is 0 Å². The van der Waals surface area contributed by atoms with E-state index in [1.165, 1.54) is 129 Å². The Hall–Kier alpha value is -5.58. The first-order chi connectivity index (χ1) is 27.8. The molecule has 2 aliphatic rings. The number of benzene rings is 8. The summed E-state index contributed by atoms with van der Waals surface area (Å²) in [6.07, 6.45) is 0. The average molecular weight is 781 g/mol. The van der Waals surface area contributed by atoms with E-state index in [9.17, 15) is 0 Å². The molecule has 270 valence electrons. The molecule has 2 aliphatic carbocycles. The quantitative estimate of drug-likeness (QED) is 0.164. The fraction of sp³-hybridized carbons (Fsp3) is 0.111. The van der Waals surface area contributed by atoms with Crippen LogP contribution in [0.5, 0.6) is 0 Å². The Balaban J connectivity index is 1.22. The molecule has 0 saturated heterocycles. The van der Waals surface area contributed by atoms with Gasteiger partial charge >= 0.3 is 0 Å². The summed E-state index contributed by atoms with van der Waals surface area (Å²) in [4.78, 5) is 0. The van der Waals surface area contributed by atoms with Gasteiger partial charge in [0.25, 0.3) is 0 Å². The average Bonchev–Trinajstić information content (AvgIpc) is 4.04. The zero-order valence-electron chi connectivity index (χ0n) is 32.1. The fourth-order valence-electron chi connectivity index (χ4n) is 10.8. The van der Waals surface area contributed by atoms with Crippen LogP contribution in [0.3, 0.4) is 0 Å². The maximum absolute atomic E-state index is 2.59. The van der Waals surface area contributed by atoms with Gasteiger partial charge in [-0.05, 0) is 136 Å². The zero-order chi connectivity index (χ0) is 37.9. The van der Waals surface area contributed by atoms with E-state index in [0.29, 0.717) is 0 Å². The molecular formula is C54H36S3. The highest BCUT2D eigenvalue weighted by Crippen LogP contribution is 2.56. The summed E-state index contributed by atoms with van der Waals surface area (Å²) in [5.74, 6) is 0. The van der Waals surface area contributed by atoms with Gasteiger partial charge in [-0.3, -0.25) is 0 Å². The van der Waals surface area contributed by atoms with E-state index in [1.807, 2.05) is 34.0 Å². The Morgan fingerprint density at radius 2 is 0.737 bits per heavy atom. The Kier molecular flexibility index (Phi) is 6.32. The molecule has 0 unspecified atom stereocenters. The van der Waals surface area contributed by atoms with Crippen molar-refractivity contribution in [2.75, 3.05) is 0 Å². The molecule has 57 heavy (non-hydrogen) atoms. The van der Waals surface area contributed by atoms with Crippen LogP contribution in [0.25, 0.3) is 106 Å². The maximum atomic E-state index is 2.59. The Morgan fingerprint density at radius 3 is 1.21 bits per heavy atom. The minimum atomic E-state index is -0.102. The fourth-order valence-corrected chi connectivity index (χ4v) is 13.9. The van der Waals surface area contributed by atoms with Gasteiger partial charge in [-0.2, -0.15) is 0 Å². The lowest BCUT2D eigenvalue weighted by Crippen LogP contribution is -2.14. The Labute approximate surface area is 343 Å². The second kappa shape index (κ2) is 11.1. The van der Waals surface area contributed by atoms with Crippen LogP contribution in [-0.4, -0.2) is 0 Å². The van der Waals surface area contributed by atoms with Crippen molar-refractivity contribution in [2.45, 2.75) is 38.5 Å². The zero-order valence-corrected chi connectivity index (χ0v) is 34.5. The maximum Gasteiger partial charge on any atom is 0.0368 e. The number of hydrogen-bond donors (Lipinski definition) is 0. The van der Waals surface area contributed by atoms with Gasteiger partial charge in [-0.15, -0.1) is 34.0 Å². The molecule has 0 atom stereocenters. The van der Waals surface area contributed by atoms with Crippen molar-refractivity contribution in [3.63, 3.8) is 0 Å². The normalized spacial score (nSPS) is 14.9.